The quantitative estimate of drug-likeness (QED) is 0.929. The van der Waals surface area contributed by atoms with Gasteiger partial charge in [0.25, 0.3) is 5.88 Å². The van der Waals surface area contributed by atoms with E-state index < -0.39 is 5.60 Å². The Morgan fingerprint density at radius 2 is 2.23 bits per heavy atom. The van der Waals surface area contributed by atoms with Crippen molar-refractivity contribution in [1.29, 1.82) is 0 Å². The zero-order valence-electron chi connectivity index (χ0n) is 13.4. The number of carbonyl (C=O) groups is 1. The fourth-order valence-corrected chi connectivity index (χ4v) is 2.40. The zero-order valence-corrected chi connectivity index (χ0v) is 13.4. The molecule has 1 aromatic rings. The van der Waals surface area contributed by atoms with Gasteiger partial charge in [0.15, 0.2) is 5.75 Å². The standard InChI is InChI=1S/C16H24N2O4/c1-16(2,3)22-15(20)18-10-5-4-7-12(18)11-21-14-13(19)8-6-9-17-14/h6,8-9,12,19H,4-5,7,10-11H2,1-3H3/t12-/m0/s1. The van der Waals surface area contributed by atoms with Gasteiger partial charge in [0, 0.05) is 12.7 Å². The fraction of sp³-hybridized carbons (Fsp3) is 0.625. The number of amides is 1. The van der Waals surface area contributed by atoms with Crippen molar-refractivity contribution >= 4 is 6.09 Å². The van der Waals surface area contributed by atoms with E-state index in [4.69, 9.17) is 9.47 Å². The SMILES string of the molecule is CC(C)(C)OC(=O)N1CCCC[C@H]1COc1ncccc1O. The molecule has 1 fully saturated rings. The van der Waals surface area contributed by atoms with Crippen LogP contribution in [0, 0.1) is 0 Å². The monoisotopic (exact) mass is 308 g/mol. The van der Waals surface area contributed by atoms with Gasteiger partial charge in [-0.05, 0) is 52.2 Å². The summed E-state index contributed by atoms with van der Waals surface area (Å²) in [4.78, 5) is 18.0. The van der Waals surface area contributed by atoms with Gasteiger partial charge in [0.1, 0.15) is 12.2 Å². The number of ether oxygens (including phenoxy) is 2. The first-order valence-electron chi connectivity index (χ1n) is 7.63. The van der Waals surface area contributed by atoms with E-state index in [0.717, 1.165) is 19.3 Å². The number of aromatic nitrogens is 1. The number of carbonyl (C=O) groups excluding carboxylic acids is 1. The highest BCUT2D eigenvalue weighted by Gasteiger charge is 2.31. The highest BCUT2D eigenvalue weighted by molar-refractivity contribution is 5.68. The maximum Gasteiger partial charge on any atom is 0.410 e. The van der Waals surface area contributed by atoms with Crippen molar-refractivity contribution in [3.63, 3.8) is 0 Å². The lowest BCUT2D eigenvalue weighted by Crippen LogP contribution is -2.48. The number of piperidine rings is 1. The van der Waals surface area contributed by atoms with Gasteiger partial charge in [-0.25, -0.2) is 9.78 Å². The van der Waals surface area contributed by atoms with Crippen molar-refractivity contribution in [3.8, 4) is 11.6 Å². The van der Waals surface area contributed by atoms with Crippen molar-refractivity contribution in [1.82, 2.24) is 9.88 Å². The van der Waals surface area contributed by atoms with Crippen LogP contribution in [-0.2, 0) is 4.74 Å². The highest BCUT2D eigenvalue weighted by atomic mass is 16.6. The zero-order chi connectivity index (χ0) is 16.2. The van der Waals surface area contributed by atoms with Gasteiger partial charge in [-0.1, -0.05) is 0 Å². The smallest absolute Gasteiger partial charge is 0.410 e. The fourth-order valence-electron chi connectivity index (χ4n) is 2.40. The normalized spacial score (nSPS) is 18.9. The number of aromatic hydroxyl groups is 1. The first-order valence-corrected chi connectivity index (χ1v) is 7.63. The number of likely N-dealkylation sites (tertiary alicyclic amines) is 1. The van der Waals surface area contributed by atoms with Crippen molar-refractivity contribution < 1.29 is 19.4 Å². The second-order valence-corrected chi connectivity index (χ2v) is 6.46. The van der Waals surface area contributed by atoms with E-state index in [1.54, 1.807) is 17.2 Å². The number of rotatable bonds is 3. The van der Waals surface area contributed by atoms with E-state index in [1.807, 2.05) is 20.8 Å². The molecule has 0 unspecified atom stereocenters. The molecule has 0 saturated carbocycles. The van der Waals surface area contributed by atoms with Crippen LogP contribution in [0.4, 0.5) is 4.79 Å². The van der Waals surface area contributed by atoms with E-state index in [0.29, 0.717) is 13.2 Å². The first kappa shape index (κ1) is 16.4. The number of pyridine rings is 1. The van der Waals surface area contributed by atoms with E-state index in [1.165, 1.54) is 6.07 Å². The van der Waals surface area contributed by atoms with Crippen LogP contribution in [0.25, 0.3) is 0 Å². The van der Waals surface area contributed by atoms with Gasteiger partial charge >= 0.3 is 6.09 Å². The largest absolute Gasteiger partial charge is 0.503 e. The van der Waals surface area contributed by atoms with Crippen LogP contribution in [0.5, 0.6) is 11.6 Å². The lowest BCUT2D eigenvalue weighted by atomic mass is 10.0. The third-order valence-electron chi connectivity index (χ3n) is 3.42. The minimum atomic E-state index is -0.515. The molecule has 22 heavy (non-hydrogen) atoms. The molecule has 6 heteroatoms. The molecule has 1 amide bonds. The predicted octanol–water partition coefficient (Wildman–Crippen LogP) is 2.96. The molecular weight excluding hydrogens is 284 g/mol. The molecule has 1 aliphatic rings. The molecule has 6 nitrogen and oxygen atoms in total. The van der Waals surface area contributed by atoms with Crippen molar-refractivity contribution in [2.75, 3.05) is 13.2 Å². The molecule has 1 saturated heterocycles. The molecule has 2 rings (SSSR count). The molecule has 0 aliphatic carbocycles. The van der Waals surface area contributed by atoms with Crippen molar-refractivity contribution in [3.05, 3.63) is 18.3 Å². The van der Waals surface area contributed by atoms with Crippen LogP contribution in [0.1, 0.15) is 40.0 Å². The Balaban J connectivity index is 1.98. The summed E-state index contributed by atoms with van der Waals surface area (Å²) in [7, 11) is 0. The first-order chi connectivity index (χ1) is 10.4. The molecule has 122 valence electrons. The van der Waals surface area contributed by atoms with Crippen LogP contribution in [0.15, 0.2) is 18.3 Å². The Morgan fingerprint density at radius 3 is 2.91 bits per heavy atom. The van der Waals surface area contributed by atoms with Gasteiger partial charge in [0.05, 0.1) is 6.04 Å². The molecule has 1 aliphatic heterocycles. The Hall–Kier alpha value is -1.98. The highest BCUT2D eigenvalue weighted by Crippen LogP contribution is 2.24. The van der Waals surface area contributed by atoms with Crippen LogP contribution >= 0.6 is 0 Å². The summed E-state index contributed by atoms with van der Waals surface area (Å²) in [5, 5.41) is 9.68. The number of hydrogen-bond donors (Lipinski definition) is 1. The molecule has 2 heterocycles. The molecule has 0 bridgehead atoms. The molecule has 0 aromatic carbocycles. The molecule has 0 spiro atoms. The van der Waals surface area contributed by atoms with E-state index in [2.05, 4.69) is 4.98 Å². The Morgan fingerprint density at radius 1 is 1.45 bits per heavy atom. The third kappa shape index (κ3) is 4.51. The predicted molar refractivity (Wildman–Crippen MR) is 82.0 cm³/mol. The van der Waals surface area contributed by atoms with E-state index >= 15 is 0 Å². The van der Waals surface area contributed by atoms with Gasteiger partial charge in [-0.3, -0.25) is 0 Å². The summed E-state index contributed by atoms with van der Waals surface area (Å²) in [5.74, 6) is 0.194. The summed E-state index contributed by atoms with van der Waals surface area (Å²) in [6, 6.07) is 3.09. The van der Waals surface area contributed by atoms with Gasteiger partial charge in [-0.2, -0.15) is 0 Å². The second-order valence-electron chi connectivity index (χ2n) is 6.46. The maximum atomic E-state index is 12.3. The van der Waals surface area contributed by atoms with Gasteiger partial charge < -0.3 is 19.5 Å². The lowest BCUT2D eigenvalue weighted by molar-refractivity contribution is 0.00324. The van der Waals surface area contributed by atoms with E-state index in [9.17, 15) is 9.90 Å². The Bertz CT molecular complexity index is 513. The summed E-state index contributed by atoms with van der Waals surface area (Å²) in [6.07, 6.45) is 4.10. The Labute approximate surface area is 131 Å². The van der Waals surface area contributed by atoms with Gasteiger partial charge in [0.2, 0.25) is 0 Å². The molecule has 0 radical (unpaired) electrons. The summed E-state index contributed by atoms with van der Waals surface area (Å²) in [5.41, 5.74) is -0.515. The maximum absolute atomic E-state index is 12.3. The molecule has 1 N–H and O–H groups in total. The van der Waals surface area contributed by atoms with E-state index in [-0.39, 0.29) is 23.8 Å². The average Bonchev–Trinajstić information content (AvgIpc) is 2.45. The average molecular weight is 308 g/mol. The lowest BCUT2D eigenvalue weighted by Gasteiger charge is -2.36. The topological polar surface area (TPSA) is 71.9 Å². The summed E-state index contributed by atoms with van der Waals surface area (Å²) >= 11 is 0. The molecule has 1 atom stereocenters. The number of hydrogen-bond acceptors (Lipinski definition) is 5. The van der Waals surface area contributed by atoms with Crippen LogP contribution in [0.3, 0.4) is 0 Å². The molecule has 1 aromatic heterocycles. The minimum absolute atomic E-state index is 0.00197. The minimum Gasteiger partial charge on any atom is -0.503 e. The summed E-state index contributed by atoms with van der Waals surface area (Å²) < 4.78 is 11.0. The van der Waals surface area contributed by atoms with Crippen molar-refractivity contribution in [2.45, 2.75) is 51.7 Å². The number of nitrogens with zero attached hydrogens (tertiary/aromatic N) is 2. The Kier molecular flexibility index (Phi) is 5.11. The third-order valence-corrected chi connectivity index (χ3v) is 3.42. The summed E-state index contributed by atoms with van der Waals surface area (Å²) in [6.45, 7) is 6.52. The van der Waals surface area contributed by atoms with Crippen LogP contribution < -0.4 is 4.74 Å². The van der Waals surface area contributed by atoms with Crippen molar-refractivity contribution in [2.24, 2.45) is 0 Å². The van der Waals surface area contributed by atoms with Gasteiger partial charge in [-0.15, -0.1) is 0 Å². The van der Waals surface area contributed by atoms with Crippen LogP contribution in [-0.4, -0.2) is 45.9 Å². The molecular formula is C16H24N2O4. The van der Waals surface area contributed by atoms with Crippen LogP contribution in [0.2, 0.25) is 0 Å². The second kappa shape index (κ2) is 6.85.